The van der Waals surface area contributed by atoms with Crippen molar-refractivity contribution in [2.24, 2.45) is 17.8 Å². The van der Waals surface area contributed by atoms with Crippen LogP contribution in [0.2, 0.25) is 0 Å². The smallest absolute Gasteiger partial charge is 0.346 e. The number of Topliss-reactive ketones (excluding diaryl/α,β-unsaturated/α-hetero) is 1. The molecule has 7 unspecified atom stereocenters. The second kappa shape index (κ2) is 18.6. The van der Waals surface area contributed by atoms with Crippen LogP contribution in [0.4, 0.5) is 5.69 Å². The molecule has 3 N–H and O–H groups in total. The molecule has 7 rings (SSSR count). The Bertz CT molecular complexity index is 1970. The Kier molecular flexibility index (Phi) is 13.7. The summed E-state index contributed by atoms with van der Waals surface area (Å²) in [7, 11) is 3.52. The normalized spacial score (nSPS) is 29.3. The summed E-state index contributed by atoms with van der Waals surface area (Å²) in [6, 6.07) is 4.59. The van der Waals surface area contributed by atoms with Gasteiger partial charge in [0, 0.05) is 62.4 Å². The zero-order valence-corrected chi connectivity index (χ0v) is 35.8. The molecule has 1 amide bonds. The van der Waals surface area contributed by atoms with Crippen LogP contribution in [0.5, 0.6) is 0 Å². The molecule has 0 saturated carbocycles. The van der Waals surface area contributed by atoms with Gasteiger partial charge in [0.25, 0.3) is 0 Å². The summed E-state index contributed by atoms with van der Waals surface area (Å²) in [6.07, 6.45) is 15.5. The molecule has 316 valence electrons. The number of unbranched alkanes of at least 4 members (excludes halogenated alkanes) is 2. The van der Waals surface area contributed by atoms with Gasteiger partial charge in [-0.2, -0.15) is 0 Å². The fourth-order valence-corrected chi connectivity index (χ4v) is 10.3. The van der Waals surface area contributed by atoms with Gasteiger partial charge >= 0.3 is 5.91 Å². The predicted octanol–water partition coefficient (Wildman–Crippen LogP) is 5.68. The Balaban J connectivity index is 0.893. The standard InChI is InChI=1S/C48H67N3O7/c1-7-8-9-23-56-25-21-43-48(4,50-43)40-18-16-38-45-34(40)12-10-15-37(45)46(53)51(5,47(38)54)30-58-28-27-57-24-20-31(2)39-29-42(52)36-14-11-13-35-41(49-22-26-55-6)19-17-33(32(39)3)44(35)36/h12-13,17-19,31,38-39,43,47,50,54H,3,7-11,14-16,20-30H2,1-2,4-6H3/p+1. The molecule has 1 aromatic rings. The van der Waals surface area contributed by atoms with E-state index in [4.69, 9.17) is 18.9 Å². The number of amides is 1. The van der Waals surface area contributed by atoms with Crippen molar-refractivity contribution in [3.8, 4) is 0 Å². The van der Waals surface area contributed by atoms with Crippen molar-refractivity contribution in [1.29, 1.82) is 0 Å². The second-order valence-electron chi connectivity index (χ2n) is 17.8. The van der Waals surface area contributed by atoms with E-state index in [1.54, 1.807) is 7.11 Å². The van der Waals surface area contributed by atoms with Gasteiger partial charge in [0.2, 0.25) is 6.23 Å². The Morgan fingerprint density at radius 3 is 2.59 bits per heavy atom. The topological polar surface area (TPSA) is 125 Å². The highest BCUT2D eigenvalue weighted by Crippen LogP contribution is 2.52. The van der Waals surface area contributed by atoms with Crippen LogP contribution in [-0.2, 0) is 28.5 Å². The maximum absolute atomic E-state index is 14.2. The number of ketones is 1. The minimum absolute atomic E-state index is 0.0301. The summed E-state index contributed by atoms with van der Waals surface area (Å²) in [5.41, 5.74) is 8.29. The van der Waals surface area contributed by atoms with Gasteiger partial charge in [0.05, 0.1) is 43.9 Å². The van der Waals surface area contributed by atoms with E-state index in [0.717, 1.165) is 101 Å². The van der Waals surface area contributed by atoms with Crippen LogP contribution in [0.15, 0.2) is 53.2 Å². The van der Waals surface area contributed by atoms with E-state index < -0.39 is 6.23 Å². The highest BCUT2D eigenvalue weighted by molar-refractivity contribution is 6.17. The second-order valence-corrected chi connectivity index (χ2v) is 17.8. The number of aliphatic hydroxyl groups excluding tert-OH is 1. The lowest BCUT2D eigenvalue weighted by Gasteiger charge is -2.47. The molecule has 7 atom stereocenters. The van der Waals surface area contributed by atoms with Gasteiger partial charge < -0.3 is 34.7 Å². The maximum atomic E-state index is 14.2. The van der Waals surface area contributed by atoms with E-state index >= 15 is 0 Å². The number of anilines is 1. The van der Waals surface area contributed by atoms with Crippen LogP contribution in [-0.4, -0.2) is 106 Å². The quantitative estimate of drug-likeness (QED) is 0.0819. The summed E-state index contributed by atoms with van der Waals surface area (Å²) < 4.78 is 23.2. The molecule has 1 aromatic carbocycles. The molecule has 10 nitrogen and oxygen atoms in total. The average molecular weight is 799 g/mol. The molecule has 2 aliphatic heterocycles. The number of hydrogen-bond acceptors (Lipinski definition) is 9. The third kappa shape index (κ3) is 8.40. The number of likely N-dealkylation sites (N-methyl/N-ethyl adjacent to an activating group) is 1. The van der Waals surface area contributed by atoms with E-state index in [9.17, 15) is 14.7 Å². The molecule has 4 aliphatic carbocycles. The van der Waals surface area contributed by atoms with Crippen LogP contribution in [0, 0.1) is 17.8 Å². The van der Waals surface area contributed by atoms with Crippen LogP contribution in [0.25, 0.3) is 17.2 Å². The highest BCUT2D eigenvalue weighted by atomic mass is 16.5. The SMILES string of the molecule is C=C1c2ccc(NCCOC)c3c2=C(CCC=3)C(=O)CC1C(C)CCOCCOC[N+]1(C)C(=O)C2=C3C(=CCC2)C(C2(C)NC2CCOCCCCC)=CCC3C1O. The minimum atomic E-state index is -0.894. The Morgan fingerprint density at radius 1 is 1.00 bits per heavy atom. The van der Waals surface area contributed by atoms with Crippen molar-refractivity contribution < 1.29 is 38.1 Å². The van der Waals surface area contributed by atoms with Gasteiger partial charge in [0.1, 0.15) is 0 Å². The number of carbonyl (C=O) groups excluding carboxylic acids is 2. The molecule has 58 heavy (non-hydrogen) atoms. The number of carbonyl (C=O) groups is 2. The fraction of sp³-hybridized carbons (Fsp3) is 0.625. The maximum Gasteiger partial charge on any atom is 0.346 e. The number of nitrogens with one attached hydrogen (secondary N) is 2. The minimum Gasteiger partial charge on any atom is -0.383 e. The van der Waals surface area contributed by atoms with E-state index in [1.807, 2.05) is 7.05 Å². The molecular formula is C48H68N3O7+. The Labute approximate surface area is 345 Å². The number of ether oxygens (including phenoxy) is 4. The molecule has 10 heteroatoms. The number of methoxy groups -OCH3 is 1. The molecule has 2 heterocycles. The van der Waals surface area contributed by atoms with E-state index in [2.05, 4.69) is 68.3 Å². The van der Waals surface area contributed by atoms with Crippen molar-refractivity contribution in [2.75, 3.05) is 72.4 Å². The highest BCUT2D eigenvalue weighted by Gasteiger charge is 2.58. The lowest BCUT2D eigenvalue weighted by Crippen LogP contribution is -2.64. The number of rotatable bonds is 21. The number of hydrogen-bond donors (Lipinski definition) is 3. The first kappa shape index (κ1) is 42.9. The lowest BCUT2D eigenvalue weighted by atomic mass is 9.68. The first-order chi connectivity index (χ1) is 28.0. The van der Waals surface area contributed by atoms with E-state index in [1.165, 1.54) is 18.4 Å². The molecule has 1 fully saturated rings. The molecule has 0 spiro atoms. The monoisotopic (exact) mass is 799 g/mol. The van der Waals surface area contributed by atoms with E-state index in [0.29, 0.717) is 58.3 Å². The van der Waals surface area contributed by atoms with Crippen LogP contribution >= 0.6 is 0 Å². The summed E-state index contributed by atoms with van der Waals surface area (Å²) in [4.78, 5) is 27.9. The number of aliphatic hydroxyl groups is 1. The van der Waals surface area contributed by atoms with Crippen molar-refractivity contribution >= 4 is 34.6 Å². The van der Waals surface area contributed by atoms with Gasteiger partial charge in [-0.05, 0) is 109 Å². The first-order valence-electron chi connectivity index (χ1n) is 22.1. The average Bonchev–Trinajstić information content (AvgIpc) is 3.92. The number of quaternary nitrogens is 1. The number of allylic oxidation sites excluding steroid dienone is 3. The van der Waals surface area contributed by atoms with Crippen molar-refractivity contribution in [3.63, 3.8) is 0 Å². The van der Waals surface area contributed by atoms with Crippen LogP contribution < -0.4 is 21.1 Å². The molecule has 0 aromatic heterocycles. The Hall–Kier alpha value is -3.22. The summed E-state index contributed by atoms with van der Waals surface area (Å²) in [6.45, 7) is 15.4. The van der Waals surface area contributed by atoms with Gasteiger partial charge in [-0.1, -0.05) is 57.6 Å². The predicted molar refractivity (Wildman–Crippen MR) is 229 cm³/mol. The summed E-state index contributed by atoms with van der Waals surface area (Å²) in [5.74, 6) is 0.271. The third-order valence-corrected chi connectivity index (χ3v) is 13.9. The van der Waals surface area contributed by atoms with Crippen molar-refractivity contribution in [3.05, 3.63) is 69.2 Å². The molecule has 0 bridgehead atoms. The first-order valence-corrected chi connectivity index (χ1v) is 22.1. The largest absolute Gasteiger partial charge is 0.383 e. The van der Waals surface area contributed by atoms with Crippen molar-refractivity contribution in [1.82, 2.24) is 5.32 Å². The lowest BCUT2D eigenvalue weighted by molar-refractivity contribution is -0.906. The number of benzene rings is 1. The summed E-state index contributed by atoms with van der Waals surface area (Å²) >= 11 is 0. The number of nitrogens with zero attached hydrogens (tertiary/aromatic N) is 1. The zero-order valence-electron chi connectivity index (χ0n) is 35.8. The van der Waals surface area contributed by atoms with Crippen LogP contribution in [0.3, 0.4) is 0 Å². The van der Waals surface area contributed by atoms with Crippen LogP contribution in [0.1, 0.15) is 97.0 Å². The molecular weight excluding hydrogens is 731 g/mol. The van der Waals surface area contributed by atoms with Gasteiger partial charge in [-0.3, -0.25) is 4.79 Å². The van der Waals surface area contributed by atoms with E-state index in [-0.39, 0.29) is 46.2 Å². The molecule has 6 aliphatic rings. The summed E-state index contributed by atoms with van der Waals surface area (Å²) in [5, 5.41) is 21.2. The third-order valence-electron chi connectivity index (χ3n) is 13.9. The fourth-order valence-electron chi connectivity index (χ4n) is 10.3. The van der Waals surface area contributed by atoms with Crippen molar-refractivity contribution in [2.45, 2.75) is 109 Å². The van der Waals surface area contributed by atoms with Gasteiger partial charge in [-0.25, -0.2) is 9.28 Å². The zero-order chi connectivity index (χ0) is 41.0. The van der Waals surface area contributed by atoms with Gasteiger partial charge in [0.15, 0.2) is 12.5 Å². The molecule has 1 saturated heterocycles. The van der Waals surface area contributed by atoms with Gasteiger partial charge in [-0.15, -0.1) is 0 Å². The Morgan fingerprint density at radius 2 is 1.78 bits per heavy atom. The molecule has 0 radical (unpaired) electrons.